The van der Waals surface area contributed by atoms with Crippen molar-refractivity contribution in [3.8, 4) is 0 Å². The summed E-state index contributed by atoms with van der Waals surface area (Å²) in [6.45, 7) is 0. The number of carbonyl (C=O) groups is 1. The topological polar surface area (TPSA) is 29.5 Å². The fourth-order valence-electron chi connectivity index (χ4n) is 0.132. The summed E-state index contributed by atoms with van der Waals surface area (Å²) in [6.07, 6.45) is -0.455. The van der Waals surface area contributed by atoms with Crippen LogP contribution in [0.15, 0.2) is 0 Å². The molecule has 0 bridgehead atoms. The molecule has 1 amide bonds. The molecule has 0 radical (unpaired) electrons. The maximum Gasteiger partial charge on any atom is 0.406 e. The molecule has 0 aromatic rings. The third-order valence-electron chi connectivity index (χ3n) is 0.439. The third-order valence-corrected chi connectivity index (χ3v) is 0.602. The summed E-state index contributed by atoms with van der Waals surface area (Å²) >= 11 is 3.63. The Morgan fingerprint density at radius 2 is 2.43 bits per heavy atom. The zero-order valence-corrected chi connectivity index (χ0v) is 5.11. The molecule has 0 aliphatic carbocycles. The van der Waals surface area contributed by atoms with Gasteiger partial charge < -0.3 is 8.95 Å². The van der Waals surface area contributed by atoms with Crippen molar-refractivity contribution in [1.29, 1.82) is 0 Å². The highest BCUT2D eigenvalue weighted by atomic mass is 32.1. The van der Waals surface area contributed by atoms with Gasteiger partial charge in [-0.25, -0.2) is 4.79 Å². The van der Waals surface area contributed by atoms with E-state index in [4.69, 9.17) is 0 Å². The molecule has 5 heteroatoms. The summed E-state index contributed by atoms with van der Waals surface area (Å²) in [5, 5.41) is 0. The number of amides is 1. The fourth-order valence-corrected chi connectivity index (χ4v) is 0.214. The molecule has 0 atom stereocenters. The van der Waals surface area contributed by atoms with E-state index in [1.807, 2.05) is 0 Å². The first-order chi connectivity index (χ1) is 3.18. The highest BCUT2D eigenvalue weighted by Gasteiger charge is 1.98. The second-order valence-corrected chi connectivity index (χ2v) is 1.59. The zero-order valence-electron chi connectivity index (χ0n) is 4.21. The molecule has 40 valence electrons. The lowest BCUT2D eigenvalue weighted by atomic mass is 10.4. The van der Waals surface area contributed by atoms with E-state index < -0.39 is 6.09 Å². The molecule has 0 spiro atoms. The van der Waals surface area contributed by atoms with Crippen LogP contribution in [-0.4, -0.2) is 25.4 Å². The number of rotatable bonds is 0. The van der Waals surface area contributed by atoms with E-state index >= 15 is 0 Å². The van der Waals surface area contributed by atoms with Gasteiger partial charge in [0.15, 0.2) is 0 Å². The van der Waals surface area contributed by atoms with Gasteiger partial charge >= 0.3 is 6.09 Å². The van der Waals surface area contributed by atoms with Crippen LogP contribution in [0.25, 0.3) is 0 Å². The number of hydrogen-bond donors (Lipinski definition) is 1. The minimum Gasteiger partial charge on any atom is -0.453 e. The van der Waals surface area contributed by atoms with Crippen LogP contribution in [-0.2, 0) is 4.74 Å². The predicted molar refractivity (Wildman–Crippen MR) is 31.8 cm³/mol. The Morgan fingerprint density at radius 3 is 2.43 bits per heavy atom. The first-order valence-corrected chi connectivity index (χ1v) is 2.09. The quantitative estimate of drug-likeness (QED) is 0.342. The average Bonchev–Trinajstić information content (AvgIpc) is 1.65. The summed E-state index contributed by atoms with van der Waals surface area (Å²) in [5.74, 6) is 0. The Labute approximate surface area is 48.6 Å². The van der Waals surface area contributed by atoms with Crippen LogP contribution in [0.2, 0.25) is 0 Å². The maximum absolute atomic E-state index is 10.1. The Balaban J connectivity index is 3.35. The molecule has 0 aliphatic heterocycles. The molecule has 0 unspecified atom stereocenters. The largest absolute Gasteiger partial charge is 0.453 e. The molecule has 7 heavy (non-hydrogen) atoms. The molecule has 0 N–H and O–H groups in total. The van der Waals surface area contributed by atoms with Gasteiger partial charge in [-0.2, -0.15) is 0 Å². The summed E-state index contributed by atoms with van der Waals surface area (Å²) in [6, 6.07) is 0. The Morgan fingerprint density at radius 1 is 2.00 bits per heavy atom. The molecule has 0 aromatic carbocycles. The average molecular weight is 119 g/mol. The minimum absolute atomic E-state index is 0.455. The van der Waals surface area contributed by atoms with Gasteiger partial charge in [-0.15, -0.1) is 0 Å². The van der Waals surface area contributed by atoms with Gasteiger partial charge in [0.25, 0.3) is 0 Å². The standard InChI is InChI=1S/C2H6BNO2S/c1-6-2(5)4(3)7/h7H,3H2,1H3. The molecule has 0 aromatic heterocycles. The normalized spacial score (nSPS) is 7.71. The van der Waals surface area contributed by atoms with E-state index in [-0.39, 0.29) is 0 Å². The van der Waals surface area contributed by atoms with E-state index in [1.54, 1.807) is 0 Å². The van der Waals surface area contributed by atoms with E-state index in [2.05, 4.69) is 17.6 Å². The molecular weight excluding hydrogens is 113 g/mol. The van der Waals surface area contributed by atoms with Gasteiger partial charge in [0.1, 0.15) is 0 Å². The van der Waals surface area contributed by atoms with Gasteiger partial charge in [-0.05, 0) is 0 Å². The first kappa shape index (κ1) is 6.68. The number of hydrogen-bond acceptors (Lipinski definition) is 3. The molecular formula is C2H6BNO2S. The first-order valence-electron chi connectivity index (χ1n) is 1.69. The number of carbonyl (C=O) groups excluding carboxylic acids is 1. The van der Waals surface area contributed by atoms with Crippen LogP contribution in [0.4, 0.5) is 4.79 Å². The molecule has 0 saturated heterocycles. The maximum atomic E-state index is 10.1. The highest BCUT2D eigenvalue weighted by Crippen LogP contribution is 1.87. The van der Waals surface area contributed by atoms with Crippen molar-refractivity contribution in [1.82, 2.24) is 4.22 Å². The van der Waals surface area contributed by atoms with E-state index in [0.717, 1.165) is 4.22 Å². The molecule has 0 saturated carbocycles. The van der Waals surface area contributed by atoms with Gasteiger partial charge in [0.05, 0.1) is 7.11 Å². The smallest absolute Gasteiger partial charge is 0.406 e. The fraction of sp³-hybridized carbons (Fsp3) is 0.500. The van der Waals surface area contributed by atoms with Crippen LogP contribution < -0.4 is 0 Å². The molecule has 0 rings (SSSR count). The summed E-state index contributed by atoms with van der Waals surface area (Å²) in [7, 11) is 2.80. The van der Waals surface area contributed by atoms with Gasteiger partial charge in [0, 0.05) is 0 Å². The lowest BCUT2D eigenvalue weighted by molar-refractivity contribution is 0.166. The second kappa shape index (κ2) is 2.79. The third kappa shape index (κ3) is 2.39. The number of ether oxygens (including phenoxy) is 1. The van der Waals surface area contributed by atoms with E-state index in [1.165, 1.54) is 15.1 Å². The summed E-state index contributed by atoms with van der Waals surface area (Å²) in [4.78, 5) is 10.1. The molecule has 0 heterocycles. The molecule has 3 nitrogen and oxygen atoms in total. The van der Waals surface area contributed by atoms with Crippen molar-refractivity contribution in [2.45, 2.75) is 0 Å². The predicted octanol–water partition coefficient (Wildman–Crippen LogP) is -0.552. The Bertz CT molecular complexity index is 76.1. The molecule has 0 fully saturated rings. The summed E-state index contributed by atoms with van der Waals surface area (Å²) < 4.78 is 5.28. The zero-order chi connectivity index (χ0) is 5.86. The SMILES string of the molecule is BN(S)C(=O)OC. The van der Waals surface area contributed by atoms with Gasteiger partial charge in [0.2, 0.25) is 7.98 Å². The monoisotopic (exact) mass is 119 g/mol. The van der Waals surface area contributed by atoms with E-state index in [9.17, 15) is 4.79 Å². The van der Waals surface area contributed by atoms with Crippen LogP contribution >= 0.6 is 12.8 Å². The lowest BCUT2D eigenvalue weighted by Gasteiger charge is -2.04. The minimum atomic E-state index is -0.455. The van der Waals surface area contributed by atoms with Crippen molar-refractivity contribution in [2.75, 3.05) is 7.11 Å². The Kier molecular flexibility index (Phi) is 2.67. The molecule has 0 aliphatic rings. The van der Waals surface area contributed by atoms with Gasteiger partial charge in [-0.1, -0.05) is 12.8 Å². The van der Waals surface area contributed by atoms with Crippen molar-refractivity contribution < 1.29 is 9.53 Å². The summed E-state index contributed by atoms with van der Waals surface area (Å²) in [5.41, 5.74) is 0. The van der Waals surface area contributed by atoms with Gasteiger partial charge in [-0.3, -0.25) is 0 Å². The number of thiol groups is 1. The van der Waals surface area contributed by atoms with E-state index in [0.29, 0.717) is 0 Å². The van der Waals surface area contributed by atoms with Crippen LogP contribution in [0.3, 0.4) is 0 Å². The second-order valence-electron chi connectivity index (χ2n) is 0.994. The van der Waals surface area contributed by atoms with Crippen molar-refractivity contribution in [3.63, 3.8) is 0 Å². The van der Waals surface area contributed by atoms with Crippen LogP contribution in [0, 0.1) is 0 Å². The lowest BCUT2D eigenvalue weighted by Crippen LogP contribution is -2.17. The number of methoxy groups -OCH3 is 1. The highest BCUT2D eigenvalue weighted by molar-refractivity contribution is 7.79. The number of nitrogens with zero attached hydrogens (tertiary/aromatic N) is 1. The van der Waals surface area contributed by atoms with Crippen molar-refractivity contribution in [2.24, 2.45) is 0 Å². The van der Waals surface area contributed by atoms with Crippen molar-refractivity contribution in [3.05, 3.63) is 0 Å². The van der Waals surface area contributed by atoms with Crippen LogP contribution in [0.1, 0.15) is 0 Å². The van der Waals surface area contributed by atoms with Crippen LogP contribution in [0.5, 0.6) is 0 Å². The van der Waals surface area contributed by atoms with Crippen molar-refractivity contribution >= 4 is 26.9 Å². The Hall–Kier alpha value is -0.315.